The molecule has 1 aliphatic rings. The minimum Gasteiger partial charge on any atom is -0.436 e. The SMILES string of the molecule is CC(=O)OC(O)C1CCCC(=O)C1CSCC(C)O. The summed E-state index contributed by atoms with van der Waals surface area (Å²) in [5, 5.41) is 19.1. The Labute approximate surface area is 117 Å². The van der Waals surface area contributed by atoms with Crippen molar-refractivity contribution in [2.45, 2.75) is 45.5 Å². The van der Waals surface area contributed by atoms with Gasteiger partial charge in [-0.2, -0.15) is 11.8 Å². The van der Waals surface area contributed by atoms with Crippen LogP contribution in [0.25, 0.3) is 0 Å². The lowest BCUT2D eigenvalue weighted by molar-refractivity contribution is -0.181. The highest BCUT2D eigenvalue weighted by atomic mass is 32.2. The Bertz CT molecular complexity index is 318. The van der Waals surface area contributed by atoms with E-state index < -0.39 is 18.4 Å². The first-order chi connectivity index (χ1) is 8.91. The molecule has 0 aliphatic heterocycles. The summed E-state index contributed by atoms with van der Waals surface area (Å²) in [6.07, 6.45) is 0.294. The molecule has 5 nitrogen and oxygen atoms in total. The molecule has 0 bridgehead atoms. The number of ketones is 1. The van der Waals surface area contributed by atoms with E-state index in [2.05, 4.69) is 0 Å². The zero-order chi connectivity index (χ0) is 14.4. The minimum atomic E-state index is -1.21. The van der Waals surface area contributed by atoms with Gasteiger partial charge in [-0.1, -0.05) is 0 Å². The largest absolute Gasteiger partial charge is 0.436 e. The van der Waals surface area contributed by atoms with Crippen LogP contribution in [0.15, 0.2) is 0 Å². The molecule has 0 heterocycles. The van der Waals surface area contributed by atoms with Gasteiger partial charge in [-0.25, -0.2) is 0 Å². The molecule has 1 saturated carbocycles. The zero-order valence-electron chi connectivity index (χ0n) is 11.4. The third-order valence-electron chi connectivity index (χ3n) is 3.20. The summed E-state index contributed by atoms with van der Waals surface area (Å²) in [6.45, 7) is 2.94. The summed E-state index contributed by atoms with van der Waals surface area (Å²) in [5.74, 6) is 0.0485. The Hall–Kier alpha value is -0.590. The second-order valence-corrected chi connectivity index (χ2v) is 6.09. The molecular formula is C13H22O5S. The van der Waals surface area contributed by atoms with E-state index in [9.17, 15) is 19.8 Å². The van der Waals surface area contributed by atoms with Gasteiger partial charge in [-0.3, -0.25) is 9.59 Å². The van der Waals surface area contributed by atoms with Crippen LogP contribution < -0.4 is 0 Å². The normalized spacial score (nSPS) is 26.8. The zero-order valence-corrected chi connectivity index (χ0v) is 12.2. The van der Waals surface area contributed by atoms with Gasteiger partial charge in [0.15, 0.2) is 0 Å². The van der Waals surface area contributed by atoms with Gasteiger partial charge in [0, 0.05) is 36.7 Å². The van der Waals surface area contributed by atoms with E-state index >= 15 is 0 Å². The monoisotopic (exact) mass is 290 g/mol. The number of ether oxygens (including phenoxy) is 1. The smallest absolute Gasteiger partial charge is 0.304 e. The number of esters is 1. The van der Waals surface area contributed by atoms with Crippen molar-refractivity contribution in [1.82, 2.24) is 0 Å². The highest BCUT2D eigenvalue weighted by molar-refractivity contribution is 7.99. The topological polar surface area (TPSA) is 83.8 Å². The molecule has 19 heavy (non-hydrogen) atoms. The standard InChI is InChI=1S/C13H22O5S/c1-8(14)6-19-7-11-10(4-3-5-12(11)16)13(17)18-9(2)15/h8,10-11,13-14,17H,3-7H2,1-2H3. The molecule has 1 rings (SSSR count). The lowest BCUT2D eigenvalue weighted by Crippen LogP contribution is -2.39. The number of Topliss-reactive ketones (excluding diaryl/α,β-unsaturated/α-hetero) is 1. The molecule has 0 aromatic carbocycles. The van der Waals surface area contributed by atoms with Crippen molar-refractivity contribution in [3.8, 4) is 0 Å². The Balaban J connectivity index is 2.58. The average molecular weight is 290 g/mol. The van der Waals surface area contributed by atoms with Crippen LogP contribution >= 0.6 is 11.8 Å². The molecule has 0 aromatic heterocycles. The van der Waals surface area contributed by atoms with E-state index in [0.29, 0.717) is 24.3 Å². The van der Waals surface area contributed by atoms with E-state index in [1.54, 1.807) is 6.92 Å². The van der Waals surface area contributed by atoms with Gasteiger partial charge in [0.25, 0.3) is 0 Å². The fraction of sp³-hybridized carbons (Fsp3) is 0.846. The van der Waals surface area contributed by atoms with Crippen molar-refractivity contribution < 1.29 is 24.5 Å². The molecule has 1 aliphatic carbocycles. The van der Waals surface area contributed by atoms with Gasteiger partial charge in [0.1, 0.15) is 5.78 Å². The molecule has 1 fully saturated rings. The number of hydrogen-bond acceptors (Lipinski definition) is 6. The molecule has 0 radical (unpaired) electrons. The molecule has 4 unspecified atom stereocenters. The number of carbonyl (C=O) groups is 2. The maximum Gasteiger partial charge on any atom is 0.304 e. The lowest BCUT2D eigenvalue weighted by atomic mass is 9.79. The van der Waals surface area contributed by atoms with Gasteiger partial charge in [-0.05, 0) is 19.8 Å². The fourth-order valence-corrected chi connectivity index (χ4v) is 3.48. The third-order valence-corrected chi connectivity index (χ3v) is 4.51. The van der Waals surface area contributed by atoms with Gasteiger partial charge in [0.2, 0.25) is 6.29 Å². The summed E-state index contributed by atoms with van der Waals surface area (Å²) in [6, 6.07) is 0. The van der Waals surface area contributed by atoms with Crippen LogP contribution in [-0.4, -0.2) is 45.9 Å². The molecule has 0 spiro atoms. The lowest BCUT2D eigenvalue weighted by Gasteiger charge is -2.32. The van der Waals surface area contributed by atoms with Crippen LogP contribution in [0.1, 0.15) is 33.1 Å². The highest BCUT2D eigenvalue weighted by Gasteiger charge is 2.37. The van der Waals surface area contributed by atoms with Crippen LogP contribution in [0.3, 0.4) is 0 Å². The van der Waals surface area contributed by atoms with Gasteiger partial charge < -0.3 is 14.9 Å². The maximum absolute atomic E-state index is 11.9. The van der Waals surface area contributed by atoms with Gasteiger partial charge in [-0.15, -0.1) is 0 Å². The van der Waals surface area contributed by atoms with E-state index in [1.807, 2.05) is 0 Å². The Kier molecular flexibility index (Phi) is 6.82. The molecule has 6 heteroatoms. The van der Waals surface area contributed by atoms with E-state index in [4.69, 9.17) is 4.74 Å². The van der Waals surface area contributed by atoms with Crippen LogP contribution in [0.2, 0.25) is 0 Å². The number of carbonyl (C=O) groups excluding carboxylic acids is 2. The quantitative estimate of drug-likeness (QED) is 0.560. The summed E-state index contributed by atoms with van der Waals surface area (Å²) < 4.78 is 4.80. The van der Waals surface area contributed by atoms with E-state index in [-0.39, 0.29) is 17.6 Å². The minimum absolute atomic E-state index is 0.112. The highest BCUT2D eigenvalue weighted by Crippen LogP contribution is 2.33. The number of thioether (sulfide) groups is 1. The van der Waals surface area contributed by atoms with Crippen molar-refractivity contribution in [3.63, 3.8) is 0 Å². The molecule has 2 N–H and O–H groups in total. The van der Waals surface area contributed by atoms with E-state index in [0.717, 1.165) is 6.42 Å². The maximum atomic E-state index is 11.9. The molecule has 0 aromatic rings. The molecule has 110 valence electrons. The average Bonchev–Trinajstić information content (AvgIpc) is 2.29. The summed E-state index contributed by atoms with van der Waals surface area (Å²) in [5.41, 5.74) is 0. The van der Waals surface area contributed by atoms with Crippen LogP contribution in [0.4, 0.5) is 0 Å². The molecule has 4 atom stereocenters. The number of aliphatic hydroxyl groups is 2. The van der Waals surface area contributed by atoms with Gasteiger partial charge in [0.05, 0.1) is 6.10 Å². The predicted octanol–water partition coefficient (Wildman–Crippen LogP) is 0.967. The van der Waals surface area contributed by atoms with Gasteiger partial charge >= 0.3 is 5.97 Å². The second-order valence-electron chi connectivity index (χ2n) is 5.02. The van der Waals surface area contributed by atoms with E-state index in [1.165, 1.54) is 18.7 Å². The van der Waals surface area contributed by atoms with Crippen LogP contribution in [0, 0.1) is 11.8 Å². The van der Waals surface area contributed by atoms with Crippen molar-refractivity contribution in [2.24, 2.45) is 11.8 Å². The second kappa shape index (κ2) is 7.87. The first-order valence-electron chi connectivity index (χ1n) is 6.55. The number of aliphatic hydroxyl groups excluding tert-OH is 2. The van der Waals surface area contributed by atoms with Crippen molar-refractivity contribution in [2.75, 3.05) is 11.5 Å². The summed E-state index contributed by atoms with van der Waals surface area (Å²) >= 11 is 1.49. The third kappa shape index (κ3) is 5.50. The molecular weight excluding hydrogens is 268 g/mol. The molecule has 0 saturated heterocycles. The first kappa shape index (κ1) is 16.5. The summed E-state index contributed by atoms with van der Waals surface area (Å²) in [4.78, 5) is 22.8. The predicted molar refractivity (Wildman–Crippen MR) is 72.6 cm³/mol. The van der Waals surface area contributed by atoms with Crippen molar-refractivity contribution in [3.05, 3.63) is 0 Å². The van der Waals surface area contributed by atoms with Crippen LogP contribution in [0.5, 0.6) is 0 Å². The summed E-state index contributed by atoms with van der Waals surface area (Å²) in [7, 11) is 0. The fourth-order valence-electron chi connectivity index (χ4n) is 2.32. The molecule has 0 amide bonds. The Morgan fingerprint density at radius 3 is 2.79 bits per heavy atom. The van der Waals surface area contributed by atoms with Crippen LogP contribution in [-0.2, 0) is 14.3 Å². The number of rotatable bonds is 6. The Morgan fingerprint density at radius 2 is 2.21 bits per heavy atom. The first-order valence-corrected chi connectivity index (χ1v) is 7.71. The van der Waals surface area contributed by atoms with Crippen molar-refractivity contribution in [1.29, 1.82) is 0 Å². The van der Waals surface area contributed by atoms with Crippen molar-refractivity contribution >= 4 is 23.5 Å². The Morgan fingerprint density at radius 1 is 1.53 bits per heavy atom. The number of hydrogen-bond donors (Lipinski definition) is 2.